The summed E-state index contributed by atoms with van der Waals surface area (Å²) in [7, 11) is 0. The summed E-state index contributed by atoms with van der Waals surface area (Å²) in [6, 6.07) is 49.0. The van der Waals surface area contributed by atoms with Crippen molar-refractivity contribution in [2.75, 3.05) is 5.32 Å². The van der Waals surface area contributed by atoms with E-state index in [9.17, 15) is 0 Å². The Balaban J connectivity index is 0.000000571. The minimum Gasteiger partial charge on any atom is -0.358 e. The van der Waals surface area contributed by atoms with Crippen molar-refractivity contribution in [1.82, 2.24) is 0 Å². The van der Waals surface area contributed by atoms with Crippen molar-refractivity contribution in [2.45, 2.75) is 73.6 Å². The van der Waals surface area contributed by atoms with Crippen molar-refractivity contribution in [1.29, 1.82) is 0 Å². The number of hydrogen-bond acceptors (Lipinski definition) is 1. The zero-order valence-electron chi connectivity index (χ0n) is 30.4. The van der Waals surface area contributed by atoms with Crippen molar-refractivity contribution in [2.24, 2.45) is 0 Å². The lowest BCUT2D eigenvalue weighted by molar-refractivity contribution is 0.912. The average molecular weight is 636 g/mol. The molecule has 0 bridgehead atoms. The molecular weight excluding hydrogens is 579 g/mol. The van der Waals surface area contributed by atoms with E-state index in [-0.39, 0.29) is 0 Å². The number of hydrogen-bond donors (Lipinski definition) is 1. The summed E-state index contributed by atoms with van der Waals surface area (Å²) in [5, 5.41) is 3.67. The summed E-state index contributed by atoms with van der Waals surface area (Å²) in [5.74, 6) is 0.377. The van der Waals surface area contributed by atoms with Crippen LogP contribution < -0.4 is 5.32 Å². The molecule has 5 rings (SSSR count). The normalized spacial score (nSPS) is 11.3. The highest BCUT2D eigenvalue weighted by molar-refractivity contribution is 5.79. The smallest absolute Gasteiger partial charge is 0.0382 e. The predicted octanol–water partition coefficient (Wildman–Crippen LogP) is 14.3. The zero-order chi connectivity index (χ0) is 35.0. The van der Waals surface area contributed by atoms with Gasteiger partial charge in [-0.2, -0.15) is 0 Å². The second-order valence-electron chi connectivity index (χ2n) is 10.9. The zero-order valence-corrected chi connectivity index (χ0v) is 30.4. The maximum atomic E-state index is 4.08. The van der Waals surface area contributed by atoms with Crippen molar-refractivity contribution < 1.29 is 0 Å². The fourth-order valence-electron chi connectivity index (χ4n) is 5.13. The van der Waals surface area contributed by atoms with Crippen LogP contribution in [0.2, 0.25) is 0 Å². The first kappa shape index (κ1) is 39.3. The lowest BCUT2D eigenvalue weighted by Gasteiger charge is -2.16. The molecule has 1 nitrogen and oxygen atoms in total. The summed E-state index contributed by atoms with van der Waals surface area (Å²) < 4.78 is 0. The van der Waals surface area contributed by atoms with Crippen LogP contribution in [0, 0.1) is 0 Å². The maximum Gasteiger partial charge on any atom is 0.0382 e. The quantitative estimate of drug-likeness (QED) is 0.142. The largest absolute Gasteiger partial charge is 0.358 e. The molecule has 0 saturated heterocycles. The molecule has 0 aliphatic carbocycles. The highest BCUT2D eigenvalue weighted by Gasteiger charge is 2.08. The van der Waals surface area contributed by atoms with Crippen molar-refractivity contribution >= 4 is 17.3 Å². The second-order valence-corrected chi connectivity index (χ2v) is 10.9. The summed E-state index contributed by atoms with van der Waals surface area (Å²) in [6.45, 7) is 18.7. The van der Waals surface area contributed by atoms with Gasteiger partial charge in [-0.15, -0.1) is 0 Å². The van der Waals surface area contributed by atoms with Crippen LogP contribution in [-0.4, -0.2) is 0 Å². The van der Waals surface area contributed by atoms with Gasteiger partial charge in [0.2, 0.25) is 0 Å². The van der Waals surface area contributed by atoms with Crippen molar-refractivity contribution in [3.8, 4) is 11.1 Å². The number of aryl methyl sites for hydroxylation is 1. The van der Waals surface area contributed by atoms with E-state index in [0.717, 1.165) is 30.5 Å². The van der Waals surface area contributed by atoms with E-state index >= 15 is 0 Å². The Morgan fingerprint density at radius 3 is 1.79 bits per heavy atom. The van der Waals surface area contributed by atoms with Gasteiger partial charge in [-0.05, 0) is 70.3 Å². The Hall–Kier alpha value is -4.88. The predicted molar refractivity (Wildman–Crippen MR) is 216 cm³/mol. The van der Waals surface area contributed by atoms with Crippen LogP contribution in [0.3, 0.4) is 0 Å². The summed E-state index contributed by atoms with van der Waals surface area (Å²) >= 11 is 0. The SMILES string of the molecule is C=C/C(=C(\CCC)Nc1ccc(-c2cccc(/C=C\C(C)c3ccccc3)c2)cc1)c1ccccc1.CC.CC.CCc1ccccc1. The molecule has 5 aromatic carbocycles. The van der Waals surface area contributed by atoms with Gasteiger partial charge in [0, 0.05) is 17.0 Å². The van der Waals surface area contributed by atoms with Gasteiger partial charge in [0.25, 0.3) is 0 Å². The first-order valence-electron chi connectivity index (χ1n) is 17.8. The van der Waals surface area contributed by atoms with E-state index in [1.54, 1.807) is 0 Å². The van der Waals surface area contributed by atoms with Gasteiger partial charge in [-0.25, -0.2) is 0 Å². The van der Waals surface area contributed by atoms with Gasteiger partial charge in [0.1, 0.15) is 0 Å². The van der Waals surface area contributed by atoms with Crippen LogP contribution in [0.5, 0.6) is 0 Å². The van der Waals surface area contributed by atoms with Crippen LogP contribution in [0.25, 0.3) is 22.8 Å². The standard InChI is InChI=1S/C35H35N.C8H10.2C2H6/c1-4-13-35(34(5-2)31-17-10-7-11-18-31)36-33-24-22-30(23-25-33)32-19-12-14-28(26-32)21-20-27(3)29-15-8-6-9-16-29;1-2-8-6-4-3-5-7-8;2*1-2/h5-12,14-27,36H,2,4,13H2,1,3H3;3-7H,2H2,1H3;2*1-2H3/b21-20-,35-34-;;;. The van der Waals surface area contributed by atoms with Gasteiger partial charge in [0.15, 0.2) is 0 Å². The second kappa shape index (κ2) is 23.4. The third-order valence-electron chi connectivity index (χ3n) is 7.67. The summed E-state index contributed by atoms with van der Waals surface area (Å²) in [4.78, 5) is 0. The van der Waals surface area contributed by atoms with Crippen LogP contribution >= 0.6 is 0 Å². The fraction of sp³-hybridized carbons (Fsp3) is 0.234. The molecule has 1 N–H and O–H groups in total. The number of benzene rings is 5. The van der Waals surface area contributed by atoms with Crippen molar-refractivity contribution in [3.05, 3.63) is 186 Å². The molecular formula is C47H57N. The molecule has 0 aliphatic heterocycles. The van der Waals surface area contributed by atoms with E-state index in [1.165, 1.54) is 39.1 Å². The average Bonchev–Trinajstić information content (AvgIpc) is 3.17. The van der Waals surface area contributed by atoms with Gasteiger partial charge in [-0.1, -0.05) is 201 Å². The number of anilines is 1. The van der Waals surface area contributed by atoms with Gasteiger partial charge < -0.3 is 5.32 Å². The molecule has 0 radical (unpaired) electrons. The Morgan fingerprint density at radius 1 is 0.667 bits per heavy atom. The molecule has 1 heteroatoms. The summed E-state index contributed by atoms with van der Waals surface area (Å²) in [6.07, 6.45) is 9.62. The minimum atomic E-state index is 0.377. The van der Waals surface area contributed by atoms with Gasteiger partial charge in [0.05, 0.1) is 0 Å². The molecule has 1 unspecified atom stereocenters. The van der Waals surface area contributed by atoms with Crippen LogP contribution in [0.15, 0.2) is 164 Å². The van der Waals surface area contributed by atoms with E-state index in [2.05, 4.69) is 172 Å². The third kappa shape index (κ3) is 13.1. The van der Waals surface area contributed by atoms with E-state index in [1.807, 2.05) is 45.9 Å². The topological polar surface area (TPSA) is 12.0 Å². The molecule has 0 heterocycles. The highest BCUT2D eigenvalue weighted by Crippen LogP contribution is 2.28. The molecule has 48 heavy (non-hydrogen) atoms. The monoisotopic (exact) mass is 635 g/mol. The summed E-state index contributed by atoms with van der Waals surface area (Å²) in [5.41, 5.74) is 11.0. The first-order valence-corrected chi connectivity index (χ1v) is 17.8. The molecule has 0 saturated carbocycles. The Labute approximate surface area is 292 Å². The maximum absolute atomic E-state index is 4.08. The van der Waals surface area contributed by atoms with Crippen molar-refractivity contribution in [3.63, 3.8) is 0 Å². The molecule has 5 aromatic rings. The van der Waals surface area contributed by atoms with Gasteiger partial charge in [-0.3, -0.25) is 0 Å². The molecule has 0 aromatic heterocycles. The van der Waals surface area contributed by atoms with E-state index in [4.69, 9.17) is 0 Å². The molecule has 0 aliphatic rings. The van der Waals surface area contributed by atoms with E-state index in [0.29, 0.717) is 5.92 Å². The first-order chi connectivity index (χ1) is 23.6. The number of nitrogens with one attached hydrogen (secondary N) is 1. The third-order valence-corrected chi connectivity index (χ3v) is 7.67. The van der Waals surface area contributed by atoms with Crippen LogP contribution in [0.1, 0.15) is 89.5 Å². The van der Waals surface area contributed by atoms with Gasteiger partial charge >= 0.3 is 0 Å². The van der Waals surface area contributed by atoms with Crippen LogP contribution in [-0.2, 0) is 6.42 Å². The molecule has 250 valence electrons. The Morgan fingerprint density at radius 2 is 1.25 bits per heavy atom. The fourth-order valence-corrected chi connectivity index (χ4v) is 5.13. The highest BCUT2D eigenvalue weighted by atomic mass is 14.9. The Kier molecular flexibility index (Phi) is 19.2. The lowest BCUT2D eigenvalue weighted by atomic mass is 9.98. The van der Waals surface area contributed by atoms with Crippen LogP contribution in [0.4, 0.5) is 5.69 Å². The lowest BCUT2D eigenvalue weighted by Crippen LogP contribution is -2.03. The minimum absolute atomic E-state index is 0.377. The molecule has 0 spiro atoms. The number of rotatable bonds is 11. The Bertz CT molecular complexity index is 1610. The number of allylic oxidation sites excluding steroid dienone is 4. The molecule has 0 amide bonds. The molecule has 1 atom stereocenters. The van der Waals surface area contributed by atoms with E-state index < -0.39 is 0 Å². The molecule has 0 fully saturated rings.